The van der Waals surface area contributed by atoms with Crippen molar-refractivity contribution in [2.45, 2.75) is 17.5 Å². The fraction of sp³-hybridized carbons (Fsp3) is 0.172. The van der Waals surface area contributed by atoms with Crippen LogP contribution in [-0.2, 0) is 8.85 Å². The summed E-state index contributed by atoms with van der Waals surface area (Å²) >= 11 is 0. The van der Waals surface area contributed by atoms with E-state index in [0.29, 0.717) is 11.8 Å². The lowest BCUT2D eigenvalue weighted by molar-refractivity contribution is 0.311. The maximum Gasteiger partial charge on any atom is 0.160 e. The van der Waals surface area contributed by atoms with Crippen molar-refractivity contribution in [1.29, 1.82) is 0 Å². The van der Waals surface area contributed by atoms with Crippen LogP contribution in [-0.4, -0.2) is 32.7 Å². The van der Waals surface area contributed by atoms with Gasteiger partial charge < -0.3 is 8.85 Å². The van der Waals surface area contributed by atoms with Crippen molar-refractivity contribution >= 4 is 19.5 Å². The highest BCUT2D eigenvalue weighted by Crippen LogP contribution is 2.26. The van der Waals surface area contributed by atoms with Crippen LogP contribution in [0, 0.1) is 0 Å². The molecule has 168 valence electrons. The van der Waals surface area contributed by atoms with Crippen molar-refractivity contribution in [3.63, 3.8) is 0 Å². The van der Waals surface area contributed by atoms with Gasteiger partial charge in [-0.2, -0.15) is 0 Å². The Kier molecular flexibility index (Phi) is 9.26. The van der Waals surface area contributed by atoms with E-state index < -0.39 is 19.5 Å². The summed E-state index contributed by atoms with van der Waals surface area (Å²) in [4.78, 5) is 0. The summed E-state index contributed by atoms with van der Waals surface area (Å²) in [5.41, 5.74) is 6.44. The minimum atomic E-state index is -0.575. The monoisotopic (exact) mass is 468 g/mol. The molecule has 0 aromatic heterocycles. The van der Waals surface area contributed by atoms with Crippen LogP contribution in [0.5, 0.6) is 0 Å². The van der Waals surface area contributed by atoms with E-state index >= 15 is 0 Å². The summed E-state index contributed by atoms with van der Waals surface area (Å²) in [5, 5.41) is 0. The highest BCUT2D eigenvalue weighted by molar-refractivity contribution is 6.48. The second kappa shape index (κ2) is 13.1. The highest BCUT2D eigenvalue weighted by atomic mass is 28.3. The maximum atomic E-state index is 6.27. The lowest BCUT2D eigenvalue weighted by atomic mass is 9.92. The van der Waals surface area contributed by atoms with Gasteiger partial charge in [0.25, 0.3) is 0 Å². The summed E-state index contributed by atoms with van der Waals surface area (Å²) in [6.45, 7) is 1.51. The van der Waals surface area contributed by atoms with Crippen molar-refractivity contribution in [2.24, 2.45) is 0 Å². The van der Waals surface area contributed by atoms with E-state index in [1.807, 2.05) is 0 Å². The van der Waals surface area contributed by atoms with E-state index in [1.165, 1.54) is 22.3 Å². The van der Waals surface area contributed by atoms with Gasteiger partial charge in [0.2, 0.25) is 0 Å². The molecule has 0 atom stereocenters. The number of rotatable bonds is 12. The van der Waals surface area contributed by atoms with Crippen molar-refractivity contribution in [1.82, 2.24) is 0 Å². The van der Waals surface area contributed by atoms with Gasteiger partial charge in [-0.1, -0.05) is 121 Å². The molecule has 2 nitrogen and oxygen atoms in total. The zero-order chi connectivity index (χ0) is 22.6. The summed E-state index contributed by atoms with van der Waals surface area (Å²) < 4.78 is 12.5. The molecule has 4 rings (SSSR count). The largest absolute Gasteiger partial charge is 0.423 e. The van der Waals surface area contributed by atoms with E-state index in [9.17, 15) is 0 Å². The third-order valence-corrected chi connectivity index (χ3v) is 9.31. The fourth-order valence-electron chi connectivity index (χ4n) is 4.18. The van der Waals surface area contributed by atoms with Crippen LogP contribution >= 0.6 is 0 Å². The van der Waals surface area contributed by atoms with Crippen LogP contribution in [0.3, 0.4) is 0 Å². The fourth-order valence-corrected chi connectivity index (χ4v) is 7.09. The zero-order valence-corrected chi connectivity index (χ0v) is 21.9. The number of benzene rings is 4. The van der Waals surface area contributed by atoms with Gasteiger partial charge in [0.15, 0.2) is 19.5 Å². The first-order chi connectivity index (χ1) is 16.4. The average Bonchev–Trinajstić information content (AvgIpc) is 2.90. The molecule has 0 unspecified atom stereocenters. The van der Waals surface area contributed by atoms with Crippen LogP contribution in [0.4, 0.5) is 0 Å². The van der Waals surface area contributed by atoms with E-state index in [-0.39, 0.29) is 0 Å². The second-order valence-corrected chi connectivity index (χ2v) is 12.7. The predicted octanol–water partition coefficient (Wildman–Crippen LogP) is 5.23. The smallest absolute Gasteiger partial charge is 0.160 e. The molecule has 0 radical (unpaired) electrons. The summed E-state index contributed by atoms with van der Waals surface area (Å²) in [6, 6.07) is 42.8. The third-order valence-electron chi connectivity index (χ3n) is 5.95. The first kappa shape index (κ1) is 23.4. The van der Waals surface area contributed by atoms with Gasteiger partial charge in [0, 0.05) is 25.0 Å². The van der Waals surface area contributed by atoms with Crippen LogP contribution < -0.4 is 0 Å². The third kappa shape index (κ3) is 7.11. The van der Waals surface area contributed by atoms with Crippen molar-refractivity contribution in [2.75, 3.05) is 13.2 Å². The molecule has 4 aromatic carbocycles. The predicted molar refractivity (Wildman–Crippen MR) is 143 cm³/mol. The molecule has 4 aromatic rings. The van der Waals surface area contributed by atoms with Crippen molar-refractivity contribution in [3.8, 4) is 0 Å². The standard InChI is InChI=1S/C29H32O2Si2/c1-5-13-24(14-6-1)28(25-15-7-2-8-16-25)21-30-32-23-33-31-22-29(26-17-9-3-10-18-26)27-19-11-4-12-20-27/h1-20,28-29H,21-23,32-33H2. The molecular formula is C29H32O2Si2. The molecule has 0 aliphatic heterocycles. The Morgan fingerprint density at radius 2 is 0.697 bits per heavy atom. The molecule has 0 bridgehead atoms. The van der Waals surface area contributed by atoms with Gasteiger partial charge in [0.1, 0.15) is 0 Å². The van der Waals surface area contributed by atoms with Crippen LogP contribution in [0.15, 0.2) is 121 Å². The van der Waals surface area contributed by atoms with Gasteiger partial charge in [-0.25, -0.2) is 0 Å². The molecule has 33 heavy (non-hydrogen) atoms. The Morgan fingerprint density at radius 3 is 0.970 bits per heavy atom. The minimum Gasteiger partial charge on any atom is -0.423 e. The average molecular weight is 469 g/mol. The Hall–Kier alpha value is -2.77. The lowest BCUT2D eigenvalue weighted by Gasteiger charge is -2.19. The number of hydrogen-bond donors (Lipinski definition) is 0. The van der Waals surface area contributed by atoms with Crippen molar-refractivity contribution in [3.05, 3.63) is 144 Å². The molecule has 0 aliphatic rings. The molecule has 0 N–H and O–H groups in total. The Bertz CT molecular complexity index is 878. The lowest BCUT2D eigenvalue weighted by Crippen LogP contribution is -2.16. The van der Waals surface area contributed by atoms with Gasteiger partial charge >= 0.3 is 0 Å². The Balaban J connectivity index is 1.25. The first-order valence-electron chi connectivity index (χ1n) is 11.8. The molecule has 0 fully saturated rings. The van der Waals surface area contributed by atoms with E-state index in [4.69, 9.17) is 8.85 Å². The topological polar surface area (TPSA) is 18.5 Å². The van der Waals surface area contributed by atoms with E-state index in [2.05, 4.69) is 121 Å². The molecule has 0 heterocycles. The Labute approximate surface area is 202 Å². The van der Waals surface area contributed by atoms with Crippen LogP contribution in [0.25, 0.3) is 0 Å². The normalized spacial score (nSPS) is 11.9. The molecular weight excluding hydrogens is 436 g/mol. The minimum absolute atomic E-state index is 0.294. The zero-order valence-electron chi connectivity index (χ0n) is 19.1. The molecule has 0 amide bonds. The van der Waals surface area contributed by atoms with Crippen LogP contribution in [0.1, 0.15) is 34.1 Å². The van der Waals surface area contributed by atoms with Gasteiger partial charge in [0.05, 0.1) is 0 Å². The summed E-state index contributed by atoms with van der Waals surface area (Å²) in [7, 11) is -1.15. The first-order valence-corrected chi connectivity index (χ1v) is 14.9. The van der Waals surface area contributed by atoms with Gasteiger partial charge in [-0.3, -0.25) is 0 Å². The van der Waals surface area contributed by atoms with Gasteiger partial charge in [-0.05, 0) is 27.9 Å². The molecule has 0 saturated heterocycles. The second-order valence-electron chi connectivity index (χ2n) is 8.25. The number of hydrogen-bond acceptors (Lipinski definition) is 2. The summed E-state index contributed by atoms with van der Waals surface area (Å²) in [6.07, 6.45) is 0. The molecule has 0 spiro atoms. The Morgan fingerprint density at radius 1 is 0.424 bits per heavy atom. The van der Waals surface area contributed by atoms with Crippen LogP contribution in [0.2, 0.25) is 5.67 Å². The van der Waals surface area contributed by atoms with E-state index in [0.717, 1.165) is 18.9 Å². The SMILES string of the molecule is c1ccc(C(CO[SiH2]C[SiH2]OCC(c2ccccc2)c2ccccc2)c2ccccc2)cc1. The van der Waals surface area contributed by atoms with E-state index in [1.54, 1.807) is 0 Å². The highest BCUT2D eigenvalue weighted by Gasteiger charge is 2.15. The van der Waals surface area contributed by atoms with Crippen molar-refractivity contribution < 1.29 is 8.85 Å². The van der Waals surface area contributed by atoms with Gasteiger partial charge in [-0.15, -0.1) is 0 Å². The maximum absolute atomic E-state index is 6.27. The molecule has 0 saturated carbocycles. The molecule has 4 heteroatoms. The summed E-state index contributed by atoms with van der Waals surface area (Å²) in [5.74, 6) is 0.589. The quantitative estimate of drug-likeness (QED) is 0.209. The molecule has 0 aliphatic carbocycles.